The first kappa shape index (κ1) is 19.4. The van der Waals surface area contributed by atoms with Crippen molar-refractivity contribution in [1.82, 2.24) is 9.21 Å². The zero-order chi connectivity index (χ0) is 18.9. The Morgan fingerprint density at radius 3 is 2.00 bits per heavy atom. The zero-order valence-electron chi connectivity index (χ0n) is 16.1. The van der Waals surface area contributed by atoms with E-state index in [4.69, 9.17) is 0 Å². The van der Waals surface area contributed by atoms with E-state index in [0.29, 0.717) is 31.1 Å². The quantitative estimate of drug-likeness (QED) is 0.812. The predicted molar refractivity (Wildman–Crippen MR) is 102 cm³/mol. The molecule has 1 amide bonds. The highest BCUT2D eigenvalue weighted by molar-refractivity contribution is 7.89. The SMILES string of the molecule is CC(C)(C)c1ccc(S(=O)(=O)N2CCN(C(=O)C3CCCC3)CC2)cc1. The highest BCUT2D eigenvalue weighted by Crippen LogP contribution is 2.28. The molecule has 0 radical (unpaired) electrons. The van der Waals surface area contributed by atoms with E-state index in [0.717, 1.165) is 31.2 Å². The molecule has 5 nitrogen and oxygen atoms in total. The molecule has 0 N–H and O–H groups in total. The second-order valence-electron chi connectivity index (χ2n) is 8.49. The smallest absolute Gasteiger partial charge is 0.243 e. The maximum Gasteiger partial charge on any atom is 0.243 e. The molecule has 1 saturated carbocycles. The molecule has 1 saturated heterocycles. The van der Waals surface area contributed by atoms with E-state index in [1.807, 2.05) is 17.0 Å². The van der Waals surface area contributed by atoms with Crippen LogP contribution >= 0.6 is 0 Å². The Morgan fingerprint density at radius 2 is 1.50 bits per heavy atom. The van der Waals surface area contributed by atoms with Crippen molar-refractivity contribution in [1.29, 1.82) is 0 Å². The average Bonchev–Trinajstić information content (AvgIpc) is 3.15. The van der Waals surface area contributed by atoms with Crippen molar-refractivity contribution in [2.45, 2.75) is 56.8 Å². The van der Waals surface area contributed by atoms with Gasteiger partial charge >= 0.3 is 0 Å². The molecule has 3 rings (SSSR count). The molecule has 0 unspecified atom stereocenters. The van der Waals surface area contributed by atoms with Crippen molar-refractivity contribution >= 4 is 15.9 Å². The number of sulfonamides is 1. The van der Waals surface area contributed by atoms with Gasteiger partial charge in [-0.25, -0.2) is 8.42 Å². The highest BCUT2D eigenvalue weighted by Gasteiger charge is 2.33. The molecule has 0 atom stereocenters. The fraction of sp³-hybridized carbons (Fsp3) is 0.650. The molecule has 1 aliphatic heterocycles. The predicted octanol–water partition coefficient (Wildman–Crippen LogP) is 3.01. The van der Waals surface area contributed by atoms with Gasteiger partial charge in [0.05, 0.1) is 4.90 Å². The summed E-state index contributed by atoms with van der Waals surface area (Å²) in [4.78, 5) is 14.7. The minimum atomic E-state index is -3.50. The van der Waals surface area contributed by atoms with Gasteiger partial charge < -0.3 is 4.90 Å². The van der Waals surface area contributed by atoms with Gasteiger partial charge in [0.1, 0.15) is 0 Å². The van der Waals surface area contributed by atoms with Crippen molar-refractivity contribution in [3.05, 3.63) is 29.8 Å². The Kier molecular flexibility index (Phi) is 5.45. The monoisotopic (exact) mass is 378 g/mol. The van der Waals surface area contributed by atoms with Crippen molar-refractivity contribution < 1.29 is 13.2 Å². The molecular weight excluding hydrogens is 348 g/mol. The molecule has 0 spiro atoms. The lowest BCUT2D eigenvalue weighted by Crippen LogP contribution is -2.51. The molecule has 0 bridgehead atoms. The van der Waals surface area contributed by atoms with Crippen LogP contribution in [0, 0.1) is 5.92 Å². The van der Waals surface area contributed by atoms with Crippen LogP contribution in [0.25, 0.3) is 0 Å². The van der Waals surface area contributed by atoms with Crippen LogP contribution in [0.4, 0.5) is 0 Å². The lowest BCUT2D eigenvalue weighted by atomic mass is 9.87. The van der Waals surface area contributed by atoms with Crippen molar-refractivity contribution in [2.75, 3.05) is 26.2 Å². The number of hydrogen-bond acceptors (Lipinski definition) is 3. The van der Waals surface area contributed by atoms with Gasteiger partial charge in [0, 0.05) is 32.1 Å². The summed E-state index contributed by atoms with van der Waals surface area (Å²) in [5.74, 6) is 0.372. The van der Waals surface area contributed by atoms with E-state index in [9.17, 15) is 13.2 Å². The van der Waals surface area contributed by atoms with Crippen LogP contribution in [0.1, 0.15) is 52.0 Å². The lowest BCUT2D eigenvalue weighted by molar-refractivity contribution is -0.136. The third kappa shape index (κ3) is 3.96. The molecule has 1 aromatic carbocycles. The Labute approximate surface area is 157 Å². The molecule has 6 heteroatoms. The Morgan fingerprint density at radius 1 is 0.962 bits per heavy atom. The van der Waals surface area contributed by atoms with E-state index < -0.39 is 10.0 Å². The van der Waals surface area contributed by atoms with Gasteiger partial charge in [0.15, 0.2) is 0 Å². The highest BCUT2D eigenvalue weighted by atomic mass is 32.2. The largest absolute Gasteiger partial charge is 0.340 e. The van der Waals surface area contributed by atoms with Crippen LogP contribution in [-0.2, 0) is 20.2 Å². The van der Waals surface area contributed by atoms with Crippen LogP contribution in [0.2, 0.25) is 0 Å². The van der Waals surface area contributed by atoms with Crippen molar-refractivity contribution in [3.63, 3.8) is 0 Å². The second kappa shape index (κ2) is 7.31. The third-order valence-corrected chi connectivity index (χ3v) is 7.53. The van der Waals surface area contributed by atoms with Crippen molar-refractivity contribution in [3.8, 4) is 0 Å². The first-order valence-electron chi connectivity index (χ1n) is 9.59. The summed E-state index contributed by atoms with van der Waals surface area (Å²) in [6.07, 6.45) is 4.24. The molecule has 1 aromatic rings. The summed E-state index contributed by atoms with van der Waals surface area (Å²) in [6, 6.07) is 7.19. The van der Waals surface area contributed by atoms with Crippen LogP contribution < -0.4 is 0 Å². The van der Waals surface area contributed by atoms with Gasteiger partial charge in [0.2, 0.25) is 15.9 Å². The van der Waals surface area contributed by atoms with Crippen molar-refractivity contribution in [2.24, 2.45) is 5.92 Å². The molecule has 2 fully saturated rings. The summed E-state index contributed by atoms with van der Waals surface area (Å²) >= 11 is 0. The number of carbonyl (C=O) groups excluding carboxylic acids is 1. The van der Waals surface area contributed by atoms with Gasteiger partial charge in [-0.15, -0.1) is 0 Å². The number of piperazine rings is 1. The topological polar surface area (TPSA) is 57.7 Å². The Bertz CT molecular complexity index is 736. The van der Waals surface area contributed by atoms with Gasteiger partial charge in [-0.05, 0) is 36.0 Å². The van der Waals surface area contributed by atoms with E-state index >= 15 is 0 Å². The number of amides is 1. The molecule has 1 heterocycles. The van der Waals surface area contributed by atoms with Gasteiger partial charge in [-0.3, -0.25) is 4.79 Å². The van der Waals surface area contributed by atoms with E-state index in [1.165, 1.54) is 4.31 Å². The standard InChI is InChI=1S/C20H30N2O3S/c1-20(2,3)17-8-10-18(11-9-17)26(24,25)22-14-12-21(13-15-22)19(23)16-6-4-5-7-16/h8-11,16H,4-7,12-15H2,1-3H3. The second-order valence-corrected chi connectivity index (χ2v) is 10.4. The molecule has 2 aliphatic rings. The molecule has 26 heavy (non-hydrogen) atoms. The Hall–Kier alpha value is -1.40. The maximum atomic E-state index is 12.9. The average molecular weight is 379 g/mol. The third-order valence-electron chi connectivity index (χ3n) is 5.61. The van der Waals surface area contributed by atoms with Gasteiger partial charge in [-0.2, -0.15) is 4.31 Å². The summed E-state index contributed by atoms with van der Waals surface area (Å²) in [7, 11) is -3.50. The molecular formula is C20H30N2O3S. The minimum Gasteiger partial charge on any atom is -0.340 e. The fourth-order valence-electron chi connectivity index (χ4n) is 3.86. The van der Waals surface area contributed by atoms with Crippen LogP contribution in [-0.4, -0.2) is 49.7 Å². The van der Waals surface area contributed by atoms with Crippen LogP contribution in [0.15, 0.2) is 29.2 Å². The first-order valence-corrected chi connectivity index (χ1v) is 11.0. The zero-order valence-corrected chi connectivity index (χ0v) is 16.9. The normalized spacial score (nSPS) is 20.5. The van der Waals surface area contributed by atoms with Gasteiger partial charge in [-0.1, -0.05) is 45.7 Å². The first-order chi connectivity index (χ1) is 12.2. The summed E-state index contributed by atoms with van der Waals surface area (Å²) in [6.45, 7) is 8.07. The molecule has 144 valence electrons. The van der Waals surface area contributed by atoms with Gasteiger partial charge in [0.25, 0.3) is 0 Å². The maximum absolute atomic E-state index is 12.9. The number of benzene rings is 1. The number of nitrogens with zero attached hydrogens (tertiary/aromatic N) is 2. The molecule has 1 aliphatic carbocycles. The summed E-state index contributed by atoms with van der Waals surface area (Å²) in [5.41, 5.74) is 1.11. The summed E-state index contributed by atoms with van der Waals surface area (Å²) in [5, 5.41) is 0. The minimum absolute atomic E-state index is 0.00544. The van der Waals surface area contributed by atoms with E-state index in [-0.39, 0.29) is 17.2 Å². The lowest BCUT2D eigenvalue weighted by Gasteiger charge is -2.35. The van der Waals surface area contributed by atoms with E-state index in [2.05, 4.69) is 20.8 Å². The number of rotatable bonds is 3. The van der Waals surface area contributed by atoms with Crippen LogP contribution in [0.5, 0.6) is 0 Å². The number of hydrogen-bond donors (Lipinski definition) is 0. The van der Waals surface area contributed by atoms with Crippen LogP contribution in [0.3, 0.4) is 0 Å². The molecule has 0 aromatic heterocycles. The summed E-state index contributed by atoms with van der Waals surface area (Å²) < 4.78 is 27.3. The Balaban J connectivity index is 1.65. The fourth-order valence-corrected chi connectivity index (χ4v) is 5.28. The number of carbonyl (C=O) groups is 1. The van der Waals surface area contributed by atoms with E-state index in [1.54, 1.807) is 12.1 Å².